The van der Waals surface area contributed by atoms with E-state index in [9.17, 15) is 0 Å². The first-order valence-corrected chi connectivity index (χ1v) is 8.09. The minimum Gasteiger partial charge on any atom is -0.340 e. The fourth-order valence-corrected chi connectivity index (χ4v) is 3.29. The van der Waals surface area contributed by atoms with Crippen LogP contribution in [0.2, 0.25) is 0 Å². The summed E-state index contributed by atoms with van der Waals surface area (Å²) >= 11 is 1.51. The molecule has 0 saturated carbocycles. The number of rotatable bonds is 2. The molecule has 116 valence electrons. The van der Waals surface area contributed by atoms with Gasteiger partial charge in [-0.25, -0.2) is 24.6 Å². The summed E-state index contributed by atoms with van der Waals surface area (Å²) < 4.78 is 1.77. The van der Waals surface area contributed by atoms with Crippen LogP contribution in [-0.4, -0.2) is 39.7 Å². The van der Waals surface area contributed by atoms with Gasteiger partial charge in [0, 0.05) is 28.9 Å². The molecule has 5 rings (SSSR count). The molecular formula is C15H10N8S. The molecule has 5 aromatic heterocycles. The molecule has 1 N–H and O–H groups in total. The molecule has 0 aliphatic carbocycles. The third kappa shape index (κ3) is 1.91. The van der Waals surface area contributed by atoms with E-state index in [2.05, 4.69) is 30.0 Å². The van der Waals surface area contributed by atoms with E-state index in [0.717, 1.165) is 27.1 Å². The zero-order valence-corrected chi connectivity index (χ0v) is 13.3. The SMILES string of the molecule is Cc1csc(-c2nc(-n3ncc4cnccc43)c3[nH]cnc3n2)n1. The molecule has 24 heavy (non-hydrogen) atoms. The van der Waals surface area contributed by atoms with Crippen molar-refractivity contribution in [1.29, 1.82) is 0 Å². The van der Waals surface area contributed by atoms with Crippen molar-refractivity contribution in [3.05, 3.63) is 42.1 Å². The maximum atomic E-state index is 4.69. The molecule has 0 atom stereocenters. The summed E-state index contributed by atoms with van der Waals surface area (Å²) in [5.74, 6) is 1.18. The maximum Gasteiger partial charge on any atom is 0.192 e. The van der Waals surface area contributed by atoms with Crippen molar-refractivity contribution in [3.8, 4) is 16.6 Å². The second kappa shape index (κ2) is 4.90. The molecule has 9 heteroatoms. The average molecular weight is 334 g/mol. The number of pyridine rings is 1. The number of hydrogen-bond acceptors (Lipinski definition) is 7. The molecule has 0 aromatic carbocycles. The lowest BCUT2D eigenvalue weighted by atomic mass is 10.3. The predicted molar refractivity (Wildman–Crippen MR) is 90.0 cm³/mol. The molecule has 8 nitrogen and oxygen atoms in total. The Morgan fingerprint density at radius 1 is 1.17 bits per heavy atom. The van der Waals surface area contributed by atoms with E-state index < -0.39 is 0 Å². The lowest BCUT2D eigenvalue weighted by Crippen LogP contribution is -2.03. The van der Waals surface area contributed by atoms with Gasteiger partial charge in [0.15, 0.2) is 22.3 Å². The minimum absolute atomic E-state index is 0.542. The van der Waals surface area contributed by atoms with Gasteiger partial charge in [-0.05, 0) is 13.0 Å². The Morgan fingerprint density at radius 3 is 3.00 bits per heavy atom. The molecule has 0 aliphatic rings. The number of thiazole rings is 1. The van der Waals surface area contributed by atoms with Crippen molar-refractivity contribution in [2.24, 2.45) is 0 Å². The molecular weight excluding hydrogens is 324 g/mol. The predicted octanol–water partition coefficient (Wildman–Crippen LogP) is 2.52. The summed E-state index contributed by atoms with van der Waals surface area (Å²) in [5.41, 5.74) is 3.17. The van der Waals surface area contributed by atoms with Crippen molar-refractivity contribution in [2.45, 2.75) is 6.92 Å². The Kier molecular flexibility index (Phi) is 2.71. The Morgan fingerprint density at radius 2 is 2.12 bits per heavy atom. The second-order valence-corrected chi connectivity index (χ2v) is 6.11. The van der Waals surface area contributed by atoms with E-state index in [-0.39, 0.29) is 0 Å². The van der Waals surface area contributed by atoms with Gasteiger partial charge in [0.05, 0.1) is 18.0 Å². The van der Waals surface area contributed by atoms with Gasteiger partial charge in [-0.3, -0.25) is 4.98 Å². The standard InChI is InChI=1S/C15H10N8S/c1-8-6-24-15(20-8)13-21-12-11(17-7-18-12)14(22-13)23-10-2-3-16-4-9(10)5-19-23/h2-7H,1H3,(H,17,18,21,22). The van der Waals surface area contributed by atoms with Crippen molar-refractivity contribution in [1.82, 2.24) is 39.7 Å². The van der Waals surface area contributed by atoms with Gasteiger partial charge in [0.2, 0.25) is 0 Å². The van der Waals surface area contributed by atoms with Gasteiger partial charge >= 0.3 is 0 Å². The van der Waals surface area contributed by atoms with E-state index in [1.165, 1.54) is 11.3 Å². The van der Waals surface area contributed by atoms with Crippen LogP contribution in [0.1, 0.15) is 5.69 Å². The minimum atomic E-state index is 0.542. The monoisotopic (exact) mass is 334 g/mol. The molecule has 0 spiro atoms. The number of imidazole rings is 1. The lowest BCUT2D eigenvalue weighted by Gasteiger charge is -2.05. The van der Waals surface area contributed by atoms with Crippen LogP contribution in [0, 0.1) is 6.92 Å². The fraction of sp³-hybridized carbons (Fsp3) is 0.0667. The fourth-order valence-electron chi connectivity index (χ4n) is 2.57. The number of aromatic nitrogens is 8. The maximum absolute atomic E-state index is 4.69. The summed E-state index contributed by atoms with van der Waals surface area (Å²) in [6.07, 6.45) is 6.87. The number of nitrogens with zero attached hydrogens (tertiary/aromatic N) is 7. The molecule has 0 fully saturated rings. The van der Waals surface area contributed by atoms with E-state index in [1.807, 2.05) is 18.4 Å². The highest BCUT2D eigenvalue weighted by molar-refractivity contribution is 7.13. The van der Waals surface area contributed by atoms with Crippen molar-refractivity contribution in [2.75, 3.05) is 0 Å². The van der Waals surface area contributed by atoms with Crippen LogP contribution in [0.5, 0.6) is 0 Å². The van der Waals surface area contributed by atoms with Gasteiger partial charge in [-0.1, -0.05) is 0 Å². The molecule has 0 saturated heterocycles. The van der Waals surface area contributed by atoms with Crippen LogP contribution in [-0.2, 0) is 0 Å². The van der Waals surface area contributed by atoms with Crippen LogP contribution < -0.4 is 0 Å². The first kappa shape index (κ1) is 13.3. The Balaban J connectivity index is 1.82. The van der Waals surface area contributed by atoms with Crippen molar-refractivity contribution in [3.63, 3.8) is 0 Å². The van der Waals surface area contributed by atoms with Crippen LogP contribution in [0.25, 0.3) is 38.7 Å². The Bertz CT molecular complexity index is 1180. The summed E-state index contributed by atoms with van der Waals surface area (Å²) in [6, 6.07) is 1.90. The van der Waals surface area contributed by atoms with E-state index in [4.69, 9.17) is 4.98 Å². The molecule has 0 unspecified atom stereocenters. The second-order valence-electron chi connectivity index (χ2n) is 5.26. The summed E-state index contributed by atoms with van der Waals surface area (Å²) in [7, 11) is 0. The van der Waals surface area contributed by atoms with E-state index in [0.29, 0.717) is 17.3 Å². The van der Waals surface area contributed by atoms with E-state index in [1.54, 1.807) is 29.6 Å². The quantitative estimate of drug-likeness (QED) is 0.533. The normalized spacial score (nSPS) is 11.5. The zero-order valence-electron chi connectivity index (χ0n) is 12.5. The van der Waals surface area contributed by atoms with Crippen LogP contribution >= 0.6 is 11.3 Å². The summed E-state index contributed by atoms with van der Waals surface area (Å²) in [5, 5.41) is 8.13. The molecule has 5 heterocycles. The van der Waals surface area contributed by atoms with Crippen LogP contribution in [0.15, 0.2) is 36.4 Å². The highest BCUT2D eigenvalue weighted by Gasteiger charge is 2.17. The van der Waals surface area contributed by atoms with Crippen molar-refractivity contribution < 1.29 is 0 Å². The third-order valence-electron chi connectivity index (χ3n) is 3.65. The first-order valence-electron chi connectivity index (χ1n) is 7.21. The molecule has 0 aliphatic heterocycles. The molecule has 5 aromatic rings. The third-order valence-corrected chi connectivity index (χ3v) is 4.60. The number of fused-ring (bicyclic) bond motifs is 2. The summed E-state index contributed by atoms with van der Waals surface area (Å²) in [6.45, 7) is 1.95. The zero-order chi connectivity index (χ0) is 16.1. The van der Waals surface area contributed by atoms with Crippen LogP contribution in [0.3, 0.4) is 0 Å². The van der Waals surface area contributed by atoms with Crippen LogP contribution in [0.4, 0.5) is 0 Å². The highest BCUT2D eigenvalue weighted by atomic mass is 32.1. The Labute approximate surface area is 139 Å². The van der Waals surface area contributed by atoms with Gasteiger partial charge in [0.1, 0.15) is 5.52 Å². The molecule has 0 radical (unpaired) electrons. The van der Waals surface area contributed by atoms with Gasteiger partial charge < -0.3 is 4.98 Å². The summed E-state index contributed by atoms with van der Waals surface area (Å²) in [4.78, 5) is 25.2. The number of aromatic amines is 1. The first-order chi connectivity index (χ1) is 11.8. The molecule has 0 bridgehead atoms. The highest BCUT2D eigenvalue weighted by Crippen LogP contribution is 2.26. The number of hydrogen-bond donors (Lipinski definition) is 1. The average Bonchev–Trinajstić information content (AvgIpc) is 3.32. The van der Waals surface area contributed by atoms with Gasteiger partial charge in [0.25, 0.3) is 0 Å². The van der Waals surface area contributed by atoms with Crippen molar-refractivity contribution >= 4 is 33.4 Å². The van der Waals surface area contributed by atoms with E-state index >= 15 is 0 Å². The van der Waals surface area contributed by atoms with Gasteiger partial charge in [-0.2, -0.15) is 5.10 Å². The number of nitrogens with one attached hydrogen (secondary N) is 1. The topological polar surface area (TPSA) is 98.1 Å². The Hall–Kier alpha value is -3.20. The largest absolute Gasteiger partial charge is 0.340 e. The number of H-pyrrole nitrogens is 1. The van der Waals surface area contributed by atoms with Gasteiger partial charge in [-0.15, -0.1) is 11.3 Å². The number of aryl methyl sites for hydroxylation is 1. The molecule has 0 amide bonds. The lowest BCUT2D eigenvalue weighted by molar-refractivity contribution is 0.877. The smallest absolute Gasteiger partial charge is 0.192 e.